The monoisotopic (exact) mass is 246 g/mol. The molecule has 18 heavy (non-hydrogen) atoms. The predicted octanol–water partition coefficient (Wildman–Crippen LogP) is 2.42. The topological polar surface area (TPSA) is 41.1 Å². The zero-order valence-corrected chi connectivity index (χ0v) is 11.3. The van der Waals surface area contributed by atoms with Crippen molar-refractivity contribution in [3.05, 3.63) is 34.9 Å². The standard InChI is InChI=1S/C15H22N2O/c1-3-8-16-14(4-2)12-6-5-11-7-9-17-15(18)13(11)10-12/h5-6,10,14,16H,3-4,7-9H2,1-2H3,(H,17,18). The molecular formula is C15H22N2O. The Morgan fingerprint density at radius 3 is 2.94 bits per heavy atom. The van der Waals surface area contributed by atoms with E-state index in [-0.39, 0.29) is 5.91 Å². The highest BCUT2D eigenvalue weighted by molar-refractivity contribution is 5.96. The van der Waals surface area contributed by atoms with Gasteiger partial charge in [-0.25, -0.2) is 0 Å². The van der Waals surface area contributed by atoms with Crippen LogP contribution in [0.3, 0.4) is 0 Å². The van der Waals surface area contributed by atoms with Crippen molar-refractivity contribution >= 4 is 5.91 Å². The average Bonchev–Trinajstić information content (AvgIpc) is 2.40. The molecular weight excluding hydrogens is 224 g/mol. The van der Waals surface area contributed by atoms with E-state index < -0.39 is 0 Å². The Kier molecular flexibility index (Phi) is 4.37. The van der Waals surface area contributed by atoms with Crippen LogP contribution in [0.15, 0.2) is 18.2 Å². The van der Waals surface area contributed by atoms with Gasteiger partial charge >= 0.3 is 0 Å². The van der Waals surface area contributed by atoms with E-state index in [0.29, 0.717) is 6.04 Å². The molecule has 1 unspecified atom stereocenters. The van der Waals surface area contributed by atoms with Crippen LogP contribution >= 0.6 is 0 Å². The molecule has 0 saturated heterocycles. The lowest BCUT2D eigenvalue weighted by Crippen LogP contribution is -2.32. The number of rotatable bonds is 5. The first kappa shape index (κ1) is 13.1. The Bertz CT molecular complexity index is 429. The zero-order chi connectivity index (χ0) is 13.0. The number of carbonyl (C=O) groups excluding carboxylic acids is 1. The Labute approximate surface area is 109 Å². The summed E-state index contributed by atoms with van der Waals surface area (Å²) in [6.07, 6.45) is 3.11. The van der Waals surface area contributed by atoms with Crippen molar-refractivity contribution in [2.45, 2.75) is 39.2 Å². The molecule has 1 aliphatic rings. The summed E-state index contributed by atoms with van der Waals surface area (Å²) in [5.74, 6) is 0.0726. The molecule has 1 aromatic rings. The van der Waals surface area contributed by atoms with E-state index in [1.807, 2.05) is 0 Å². The molecule has 0 aliphatic carbocycles. The molecule has 0 aromatic heterocycles. The minimum absolute atomic E-state index is 0.0726. The maximum absolute atomic E-state index is 11.8. The maximum Gasteiger partial charge on any atom is 0.251 e. The fourth-order valence-corrected chi connectivity index (χ4v) is 2.46. The van der Waals surface area contributed by atoms with Crippen molar-refractivity contribution in [1.29, 1.82) is 0 Å². The molecule has 0 radical (unpaired) electrons. The molecule has 0 fully saturated rings. The van der Waals surface area contributed by atoms with Crippen molar-refractivity contribution in [2.75, 3.05) is 13.1 Å². The number of benzene rings is 1. The van der Waals surface area contributed by atoms with E-state index >= 15 is 0 Å². The van der Waals surface area contributed by atoms with Gasteiger partial charge in [0.15, 0.2) is 0 Å². The molecule has 2 rings (SSSR count). The summed E-state index contributed by atoms with van der Waals surface area (Å²) >= 11 is 0. The van der Waals surface area contributed by atoms with Gasteiger partial charge in [-0.2, -0.15) is 0 Å². The van der Waals surface area contributed by atoms with Gasteiger partial charge in [0.1, 0.15) is 0 Å². The van der Waals surface area contributed by atoms with Crippen LogP contribution in [0.4, 0.5) is 0 Å². The third-order valence-electron chi connectivity index (χ3n) is 3.51. The molecule has 2 N–H and O–H groups in total. The van der Waals surface area contributed by atoms with Crippen LogP contribution in [0.5, 0.6) is 0 Å². The van der Waals surface area contributed by atoms with E-state index in [0.717, 1.165) is 37.9 Å². The van der Waals surface area contributed by atoms with Crippen LogP contribution in [0.25, 0.3) is 0 Å². The van der Waals surface area contributed by atoms with Crippen molar-refractivity contribution < 1.29 is 4.79 Å². The van der Waals surface area contributed by atoms with Crippen molar-refractivity contribution in [3.8, 4) is 0 Å². The number of nitrogens with one attached hydrogen (secondary N) is 2. The number of hydrogen-bond donors (Lipinski definition) is 2. The highest BCUT2D eigenvalue weighted by Gasteiger charge is 2.18. The summed E-state index contributed by atoms with van der Waals surface area (Å²) in [6.45, 7) is 6.12. The average molecular weight is 246 g/mol. The van der Waals surface area contributed by atoms with Gasteiger partial charge in [-0.1, -0.05) is 26.0 Å². The summed E-state index contributed by atoms with van der Waals surface area (Å²) in [6, 6.07) is 6.68. The Morgan fingerprint density at radius 1 is 1.39 bits per heavy atom. The van der Waals surface area contributed by atoms with Gasteiger partial charge in [0, 0.05) is 18.2 Å². The molecule has 1 amide bonds. The highest BCUT2D eigenvalue weighted by Crippen LogP contribution is 2.22. The maximum atomic E-state index is 11.8. The highest BCUT2D eigenvalue weighted by atomic mass is 16.1. The van der Waals surface area contributed by atoms with Crippen LogP contribution in [0, 0.1) is 0 Å². The Morgan fingerprint density at radius 2 is 2.22 bits per heavy atom. The van der Waals surface area contributed by atoms with Gasteiger partial charge < -0.3 is 10.6 Å². The van der Waals surface area contributed by atoms with Crippen molar-refractivity contribution in [3.63, 3.8) is 0 Å². The van der Waals surface area contributed by atoms with Gasteiger partial charge in [-0.15, -0.1) is 0 Å². The van der Waals surface area contributed by atoms with Crippen LogP contribution < -0.4 is 10.6 Å². The molecule has 98 valence electrons. The Hall–Kier alpha value is -1.35. The van der Waals surface area contributed by atoms with Crippen molar-refractivity contribution in [1.82, 2.24) is 10.6 Å². The van der Waals surface area contributed by atoms with E-state index in [4.69, 9.17) is 0 Å². The molecule has 1 heterocycles. The van der Waals surface area contributed by atoms with Crippen LogP contribution in [-0.2, 0) is 6.42 Å². The number of fused-ring (bicyclic) bond motifs is 1. The molecule has 0 bridgehead atoms. The lowest BCUT2D eigenvalue weighted by molar-refractivity contribution is 0.0946. The minimum Gasteiger partial charge on any atom is -0.352 e. The quantitative estimate of drug-likeness (QED) is 0.837. The van der Waals surface area contributed by atoms with Gasteiger partial charge in [0.25, 0.3) is 5.91 Å². The number of hydrogen-bond acceptors (Lipinski definition) is 2. The molecule has 1 atom stereocenters. The summed E-state index contributed by atoms with van der Waals surface area (Å²) in [5.41, 5.74) is 3.25. The van der Waals surface area contributed by atoms with Gasteiger partial charge in [-0.3, -0.25) is 4.79 Å². The van der Waals surface area contributed by atoms with Crippen LogP contribution in [0.1, 0.15) is 54.2 Å². The number of amides is 1. The SMILES string of the molecule is CCCNC(CC)c1ccc2c(c1)C(=O)NCC2. The molecule has 1 aromatic carbocycles. The molecule has 0 spiro atoms. The molecule has 3 heteroatoms. The lowest BCUT2D eigenvalue weighted by atomic mass is 9.94. The fourth-order valence-electron chi connectivity index (χ4n) is 2.46. The second-order valence-electron chi connectivity index (χ2n) is 4.84. The van der Waals surface area contributed by atoms with E-state index in [2.05, 4.69) is 42.7 Å². The summed E-state index contributed by atoms with van der Waals surface area (Å²) in [7, 11) is 0. The first-order valence-corrected chi connectivity index (χ1v) is 6.90. The van der Waals surface area contributed by atoms with Gasteiger partial charge in [0.05, 0.1) is 0 Å². The van der Waals surface area contributed by atoms with E-state index in [1.54, 1.807) is 0 Å². The van der Waals surface area contributed by atoms with Crippen LogP contribution in [-0.4, -0.2) is 19.0 Å². The van der Waals surface area contributed by atoms with E-state index in [9.17, 15) is 4.79 Å². The minimum atomic E-state index is 0.0726. The van der Waals surface area contributed by atoms with Crippen molar-refractivity contribution in [2.24, 2.45) is 0 Å². The third kappa shape index (κ3) is 2.72. The summed E-state index contributed by atoms with van der Waals surface area (Å²) in [5, 5.41) is 6.43. The summed E-state index contributed by atoms with van der Waals surface area (Å²) in [4.78, 5) is 11.8. The Balaban J connectivity index is 2.23. The molecule has 1 aliphatic heterocycles. The fraction of sp³-hybridized carbons (Fsp3) is 0.533. The second-order valence-corrected chi connectivity index (χ2v) is 4.84. The third-order valence-corrected chi connectivity index (χ3v) is 3.51. The van der Waals surface area contributed by atoms with Crippen LogP contribution in [0.2, 0.25) is 0 Å². The zero-order valence-electron chi connectivity index (χ0n) is 11.3. The normalized spacial score (nSPS) is 16.0. The second kappa shape index (κ2) is 6.01. The smallest absolute Gasteiger partial charge is 0.251 e. The first-order chi connectivity index (χ1) is 8.76. The molecule has 0 saturated carbocycles. The lowest BCUT2D eigenvalue weighted by Gasteiger charge is -2.21. The first-order valence-electron chi connectivity index (χ1n) is 6.90. The predicted molar refractivity (Wildman–Crippen MR) is 73.8 cm³/mol. The van der Waals surface area contributed by atoms with E-state index in [1.165, 1.54) is 11.1 Å². The largest absolute Gasteiger partial charge is 0.352 e. The van der Waals surface area contributed by atoms with Gasteiger partial charge in [-0.05, 0) is 43.0 Å². The molecule has 3 nitrogen and oxygen atoms in total. The summed E-state index contributed by atoms with van der Waals surface area (Å²) < 4.78 is 0. The number of carbonyl (C=O) groups is 1. The van der Waals surface area contributed by atoms with Gasteiger partial charge in [0.2, 0.25) is 0 Å².